The van der Waals surface area contributed by atoms with Crippen LogP contribution in [0.2, 0.25) is 0 Å². The standard InChI is InChI=1S/C17H18N2O3S/c20-15(9-8-13-5-2-1-3-6-13)18-11-14-12-19(17(21)22-14)16-7-4-10-23-16/h1-7,10,14H,8-9,11-12H2,(H,18,20). The molecule has 0 radical (unpaired) electrons. The highest BCUT2D eigenvalue weighted by atomic mass is 32.1. The minimum absolute atomic E-state index is 0.0283. The number of rotatable bonds is 6. The van der Waals surface area contributed by atoms with Crippen molar-refractivity contribution in [1.29, 1.82) is 0 Å². The molecule has 1 aliphatic heterocycles. The number of nitrogens with one attached hydrogen (secondary N) is 1. The first kappa shape index (κ1) is 15.6. The van der Waals surface area contributed by atoms with E-state index in [4.69, 9.17) is 4.74 Å². The molecule has 0 bridgehead atoms. The highest BCUT2D eigenvalue weighted by Crippen LogP contribution is 2.26. The van der Waals surface area contributed by atoms with Crippen molar-refractivity contribution in [2.24, 2.45) is 0 Å². The molecule has 1 aromatic heterocycles. The lowest BCUT2D eigenvalue weighted by Crippen LogP contribution is -2.34. The smallest absolute Gasteiger partial charge is 0.415 e. The van der Waals surface area contributed by atoms with Gasteiger partial charge in [-0.25, -0.2) is 4.79 Å². The van der Waals surface area contributed by atoms with Crippen molar-refractivity contribution in [3.63, 3.8) is 0 Å². The first-order chi connectivity index (χ1) is 11.2. The summed E-state index contributed by atoms with van der Waals surface area (Å²) in [5.74, 6) is -0.0283. The number of anilines is 1. The molecule has 0 aliphatic carbocycles. The quantitative estimate of drug-likeness (QED) is 0.886. The fraction of sp³-hybridized carbons (Fsp3) is 0.294. The van der Waals surface area contributed by atoms with Crippen LogP contribution in [0.5, 0.6) is 0 Å². The lowest BCUT2D eigenvalue weighted by molar-refractivity contribution is -0.121. The molecule has 1 saturated heterocycles. The monoisotopic (exact) mass is 330 g/mol. The van der Waals surface area contributed by atoms with Crippen molar-refractivity contribution >= 4 is 28.3 Å². The fourth-order valence-corrected chi connectivity index (χ4v) is 3.18. The summed E-state index contributed by atoms with van der Waals surface area (Å²) in [6.45, 7) is 0.819. The summed E-state index contributed by atoms with van der Waals surface area (Å²) in [5.41, 5.74) is 1.14. The number of thiophene rings is 1. The average Bonchev–Trinajstić information content (AvgIpc) is 3.21. The molecule has 1 N–H and O–H groups in total. The molecule has 2 aromatic rings. The average molecular weight is 330 g/mol. The number of nitrogens with zero attached hydrogens (tertiary/aromatic N) is 1. The number of amides is 2. The molecule has 3 rings (SSSR count). The van der Waals surface area contributed by atoms with Gasteiger partial charge in [0.1, 0.15) is 11.1 Å². The maximum Gasteiger partial charge on any atom is 0.415 e. The van der Waals surface area contributed by atoms with E-state index in [1.54, 1.807) is 4.90 Å². The Bertz CT molecular complexity index is 658. The fourth-order valence-electron chi connectivity index (χ4n) is 2.45. The summed E-state index contributed by atoms with van der Waals surface area (Å²) in [7, 11) is 0. The van der Waals surface area contributed by atoms with E-state index in [1.165, 1.54) is 11.3 Å². The molecule has 2 heterocycles. The highest BCUT2D eigenvalue weighted by molar-refractivity contribution is 7.14. The minimum atomic E-state index is -0.351. The Morgan fingerprint density at radius 1 is 1.26 bits per heavy atom. The maximum atomic E-state index is 11.9. The van der Waals surface area contributed by atoms with Crippen LogP contribution in [0.4, 0.5) is 9.80 Å². The number of carbonyl (C=O) groups is 2. The van der Waals surface area contributed by atoms with Gasteiger partial charge in [-0.05, 0) is 29.5 Å². The van der Waals surface area contributed by atoms with Gasteiger partial charge >= 0.3 is 6.09 Å². The summed E-state index contributed by atoms with van der Waals surface area (Å²) in [5, 5.41) is 5.63. The van der Waals surface area contributed by atoms with Gasteiger partial charge in [0.25, 0.3) is 0 Å². The predicted molar refractivity (Wildman–Crippen MR) is 89.7 cm³/mol. The molecular weight excluding hydrogens is 312 g/mol. The zero-order valence-electron chi connectivity index (χ0n) is 12.6. The summed E-state index contributed by atoms with van der Waals surface area (Å²) < 4.78 is 5.29. The van der Waals surface area contributed by atoms with Crippen molar-refractivity contribution in [2.45, 2.75) is 18.9 Å². The molecule has 0 saturated carbocycles. The van der Waals surface area contributed by atoms with E-state index >= 15 is 0 Å². The van der Waals surface area contributed by atoms with Gasteiger partial charge in [0.2, 0.25) is 5.91 Å². The summed E-state index contributed by atoms with van der Waals surface area (Å²) >= 11 is 1.49. The van der Waals surface area contributed by atoms with Crippen LogP contribution in [0.1, 0.15) is 12.0 Å². The second-order valence-electron chi connectivity index (χ2n) is 5.36. The first-order valence-corrected chi connectivity index (χ1v) is 8.42. The van der Waals surface area contributed by atoms with Crippen LogP contribution in [0.3, 0.4) is 0 Å². The van der Waals surface area contributed by atoms with Crippen molar-refractivity contribution in [2.75, 3.05) is 18.0 Å². The van der Waals surface area contributed by atoms with Gasteiger partial charge in [0.15, 0.2) is 0 Å². The third-order valence-electron chi connectivity index (χ3n) is 3.66. The Labute approximate surface area is 138 Å². The van der Waals surface area contributed by atoms with Crippen LogP contribution in [-0.4, -0.2) is 31.2 Å². The normalized spacial score (nSPS) is 17.1. The number of cyclic esters (lactones) is 1. The van der Waals surface area contributed by atoms with E-state index < -0.39 is 0 Å². The van der Waals surface area contributed by atoms with Crippen LogP contribution >= 0.6 is 11.3 Å². The van der Waals surface area contributed by atoms with E-state index in [9.17, 15) is 9.59 Å². The van der Waals surface area contributed by atoms with Crippen molar-refractivity contribution in [3.05, 3.63) is 53.4 Å². The van der Waals surface area contributed by atoms with Crippen LogP contribution in [0.25, 0.3) is 0 Å². The molecule has 1 unspecified atom stereocenters. The summed E-state index contributed by atoms with van der Waals surface area (Å²) in [6.07, 6.45) is 0.485. The summed E-state index contributed by atoms with van der Waals surface area (Å²) in [4.78, 5) is 25.3. The zero-order valence-corrected chi connectivity index (χ0v) is 13.4. The topological polar surface area (TPSA) is 58.6 Å². The Morgan fingerprint density at radius 2 is 2.09 bits per heavy atom. The lowest BCUT2D eigenvalue weighted by atomic mass is 10.1. The molecule has 23 heavy (non-hydrogen) atoms. The molecule has 5 nitrogen and oxygen atoms in total. The number of benzene rings is 1. The molecule has 1 aliphatic rings. The third-order valence-corrected chi connectivity index (χ3v) is 4.55. The predicted octanol–water partition coefficient (Wildman–Crippen LogP) is 2.82. The van der Waals surface area contributed by atoms with Crippen LogP contribution in [0, 0.1) is 0 Å². The van der Waals surface area contributed by atoms with E-state index in [0.29, 0.717) is 25.9 Å². The van der Waals surface area contributed by atoms with E-state index in [0.717, 1.165) is 10.6 Å². The Hall–Kier alpha value is -2.34. The van der Waals surface area contributed by atoms with E-state index in [1.807, 2.05) is 47.8 Å². The van der Waals surface area contributed by atoms with Gasteiger partial charge in [-0.2, -0.15) is 0 Å². The lowest BCUT2D eigenvalue weighted by Gasteiger charge is -2.11. The minimum Gasteiger partial charge on any atom is -0.442 e. The van der Waals surface area contributed by atoms with Gasteiger partial charge in [-0.15, -0.1) is 11.3 Å². The number of carbonyl (C=O) groups excluding carboxylic acids is 2. The molecule has 6 heteroatoms. The molecule has 1 atom stereocenters. The molecule has 120 valence electrons. The maximum absolute atomic E-state index is 11.9. The van der Waals surface area contributed by atoms with Crippen LogP contribution < -0.4 is 10.2 Å². The van der Waals surface area contributed by atoms with Gasteiger partial charge in [-0.1, -0.05) is 30.3 Å². The van der Waals surface area contributed by atoms with Gasteiger partial charge < -0.3 is 10.1 Å². The highest BCUT2D eigenvalue weighted by Gasteiger charge is 2.32. The molecule has 1 fully saturated rings. The van der Waals surface area contributed by atoms with Gasteiger partial charge in [0, 0.05) is 6.42 Å². The molecular formula is C17H18N2O3S. The number of hydrogen-bond acceptors (Lipinski definition) is 4. The van der Waals surface area contributed by atoms with Crippen LogP contribution in [-0.2, 0) is 16.0 Å². The van der Waals surface area contributed by atoms with E-state index in [2.05, 4.69) is 5.32 Å². The number of ether oxygens (including phenoxy) is 1. The zero-order chi connectivity index (χ0) is 16.1. The van der Waals surface area contributed by atoms with Gasteiger partial charge in [-0.3, -0.25) is 9.69 Å². The largest absolute Gasteiger partial charge is 0.442 e. The van der Waals surface area contributed by atoms with Crippen molar-refractivity contribution in [1.82, 2.24) is 5.32 Å². The molecule has 2 amide bonds. The second-order valence-corrected chi connectivity index (χ2v) is 6.28. The SMILES string of the molecule is O=C(CCc1ccccc1)NCC1CN(c2cccs2)C(=O)O1. The second kappa shape index (κ2) is 7.28. The number of aryl methyl sites for hydroxylation is 1. The Balaban J connectivity index is 1.42. The van der Waals surface area contributed by atoms with E-state index in [-0.39, 0.29) is 18.1 Å². The Kier molecular flexibility index (Phi) is 4.92. The van der Waals surface area contributed by atoms with Crippen molar-refractivity contribution in [3.8, 4) is 0 Å². The Morgan fingerprint density at radius 3 is 2.83 bits per heavy atom. The van der Waals surface area contributed by atoms with Crippen LogP contribution in [0.15, 0.2) is 47.8 Å². The van der Waals surface area contributed by atoms with Crippen molar-refractivity contribution < 1.29 is 14.3 Å². The number of hydrogen-bond donors (Lipinski definition) is 1. The van der Waals surface area contributed by atoms with Gasteiger partial charge in [0.05, 0.1) is 13.1 Å². The summed E-state index contributed by atoms with van der Waals surface area (Å²) in [6, 6.07) is 13.7. The molecule has 1 aromatic carbocycles. The molecule has 0 spiro atoms. The third kappa shape index (κ3) is 4.10. The first-order valence-electron chi connectivity index (χ1n) is 7.54.